The molecule has 0 saturated heterocycles. The molecule has 0 saturated carbocycles. The van der Waals surface area contributed by atoms with Gasteiger partial charge in [-0.15, -0.1) is 0 Å². The summed E-state index contributed by atoms with van der Waals surface area (Å²) in [6.45, 7) is 4.62. The molecule has 0 fully saturated rings. The topological polar surface area (TPSA) is 108 Å². The van der Waals surface area contributed by atoms with Crippen LogP contribution >= 0.6 is 0 Å². The minimum atomic E-state index is -0.452. The molecule has 0 amide bonds. The number of nitrogens with zero attached hydrogens (tertiary/aromatic N) is 3. The summed E-state index contributed by atoms with van der Waals surface area (Å²) in [5, 5.41) is 14.7. The average Bonchev–Trinajstić information content (AvgIpc) is 2.94. The summed E-state index contributed by atoms with van der Waals surface area (Å²) in [5.74, 6) is 1.29. The van der Waals surface area contributed by atoms with E-state index < -0.39 is 4.92 Å². The van der Waals surface area contributed by atoms with E-state index in [9.17, 15) is 10.1 Å². The molecule has 1 aromatic carbocycles. The number of aromatic nitrogens is 2. The number of non-ortho nitro benzene ring substituents is 1. The Morgan fingerprint density at radius 3 is 2.81 bits per heavy atom. The minimum Gasteiger partial charge on any atom is -0.339 e. The van der Waals surface area contributed by atoms with Crippen LogP contribution in [0.3, 0.4) is 0 Å². The highest BCUT2D eigenvalue weighted by Crippen LogP contribution is 2.25. The molecule has 7 heteroatoms. The van der Waals surface area contributed by atoms with Crippen LogP contribution < -0.4 is 5.73 Å². The lowest BCUT2D eigenvalue weighted by Gasteiger charge is -2.11. The second kappa shape index (κ2) is 6.45. The maximum Gasteiger partial charge on any atom is 0.270 e. The van der Waals surface area contributed by atoms with E-state index in [0.29, 0.717) is 29.7 Å². The number of hydrogen-bond donors (Lipinski definition) is 1. The zero-order valence-corrected chi connectivity index (χ0v) is 12.0. The van der Waals surface area contributed by atoms with Crippen LogP contribution in [0.4, 0.5) is 5.69 Å². The average molecular weight is 290 g/mol. The first-order chi connectivity index (χ1) is 10.0. The summed E-state index contributed by atoms with van der Waals surface area (Å²) < 4.78 is 5.26. The van der Waals surface area contributed by atoms with E-state index in [1.807, 2.05) is 0 Å². The summed E-state index contributed by atoms with van der Waals surface area (Å²) in [4.78, 5) is 14.7. The Morgan fingerprint density at radius 2 is 2.19 bits per heavy atom. The summed E-state index contributed by atoms with van der Waals surface area (Å²) in [5.41, 5.74) is 6.30. The summed E-state index contributed by atoms with van der Waals surface area (Å²) in [6, 6.07) is 6.15. The molecule has 0 aliphatic heterocycles. The van der Waals surface area contributed by atoms with Crippen LogP contribution in [0.2, 0.25) is 0 Å². The highest BCUT2D eigenvalue weighted by molar-refractivity contribution is 5.58. The van der Waals surface area contributed by atoms with Gasteiger partial charge in [-0.25, -0.2) is 0 Å². The van der Waals surface area contributed by atoms with Gasteiger partial charge in [0.2, 0.25) is 11.7 Å². The fourth-order valence-electron chi connectivity index (χ4n) is 2.14. The van der Waals surface area contributed by atoms with Gasteiger partial charge in [0.1, 0.15) is 0 Å². The first kappa shape index (κ1) is 15.1. The fraction of sp³-hybridized carbons (Fsp3) is 0.429. The number of hydrogen-bond acceptors (Lipinski definition) is 6. The van der Waals surface area contributed by atoms with Gasteiger partial charge in [0.15, 0.2) is 0 Å². The summed E-state index contributed by atoms with van der Waals surface area (Å²) in [7, 11) is 0. The van der Waals surface area contributed by atoms with Gasteiger partial charge in [0.25, 0.3) is 5.69 Å². The molecule has 0 aliphatic rings. The lowest BCUT2D eigenvalue weighted by atomic mass is 9.97. The molecule has 0 radical (unpaired) electrons. The lowest BCUT2D eigenvalue weighted by molar-refractivity contribution is -0.384. The quantitative estimate of drug-likeness (QED) is 0.647. The zero-order chi connectivity index (χ0) is 15.4. The number of nitro groups is 1. The Morgan fingerprint density at radius 1 is 1.43 bits per heavy atom. The van der Waals surface area contributed by atoms with E-state index in [1.165, 1.54) is 12.1 Å². The molecule has 21 heavy (non-hydrogen) atoms. The van der Waals surface area contributed by atoms with Crippen molar-refractivity contribution in [3.05, 3.63) is 40.3 Å². The molecule has 1 heterocycles. The second-order valence-corrected chi connectivity index (χ2v) is 5.33. The fourth-order valence-corrected chi connectivity index (χ4v) is 2.14. The van der Waals surface area contributed by atoms with Gasteiger partial charge in [-0.2, -0.15) is 4.98 Å². The molecule has 1 unspecified atom stereocenters. The molecule has 0 spiro atoms. The van der Waals surface area contributed by atoms with E-state index in [2.05, 4.69) is 24.0 Å². The van der Waals surface area contributed by atoms with Crippen molar-refractivity contribution in [2.75, 3.05) is 6.54 Å². The summed E-state index contributed by atoms with van der Waals surface area (Å²) in [6.07, 6.45) is 0.854. The van der Waals surface area contributed by atoms with Crippen LogP contribution in [-0.4, -0.2) is 21.6 Å². The van der Waals surface area contributed by atoms with Gasteiger partial charge in [0, 0.05) is 24.2 Å². The van der Waals surface area contributed by atoms with Gasteiger partial charge in [-0.05, 0) is 12.3 Å². The van der Waals surface area contributed by atoms with Crippen molar-refractivity contribution in [3.63, 3.8) is 0 Å². The van der Waals surface area contributed by atoms with Gasteiger partial charge in [-0.3, -0.25) is 10.1 Å². The number of benzene rings is 1. The molecule has 0 bridgehead atoms. The van der Waals surface area contributed by atoms with Crippen LogP contribution in [0, 0.1) is 16.0 Å². The predicted octanol–water partition coefficient (Wildman–Crippen LogP) is 2.73. The molecule has 2 aromatic rings. The van der Waals surface area contributed by atoms with Crippen molar-refractivity contribution >= 4 is 5.69 Å². The zero-order valence-electron chi connectivity index (χ0n) is 12.0. The Kier molecular flexibility index (Phi) is 4.64. The van der Waals surface area contributed by atoms with E-state index >= 15 is 0 Å². The van der Waals surface area contributed by atoms with E-state index in [-0.39, 0.29) is 11.6 Å². The van der Waals surface area contributed by atoms with Gasteiger partial charge < -0.3 is 10.3 Å². The third kappa shape index (κ3) is 3.63. The molecule has 2 N–H and O–H groups in total. The maximum atomic E-state index is 10.8. The van der Waals surface area contributed by atoms with Gasteiger partial charge in [0.05, 0.1) is 10.8 Å². The third-order valence-corrected chi connectivity index (χ3v) is 3.15. The first-order valence-corrected chi connectivity index (χ1v) is 6.79. The molecule has 7 nitrogen and oxygen atoms in total. The molecule has 1 atom stereocenters. The van der Waals surface area contributed by atoms with Crippen molar-refractivity contribution < 1.29 is 9.45 Å². The number of rotatable bonds is 6. The third-order valence-electron chi connectivity index (χ3n) is 3.15. The smallest absolute Gasteiger partial charge is 0.270 e. The number of nitrogens with two attached hydrogens (primary N) is 1. The molecule has 0 aliphatic carbocycles. The largest absolute Gasteiger partial charge is 0.339 e. The SMILES string of the molecule is CC(C)CC(CN)c1nc(-c2cccc([N+](=O)[O-])c2)no1. The Labute approximate surface area is 122 Å². The van der Waals surface area contributed by atoms with Crippen LogP contribution in [0.1, 0.15) is 32.1 Å². The van der Waals surface area contributed by atoms with Gasteiger partial charge >= 0.3 is 0 Å². The van der Waals surface area contributed by atoms with Crippen LogP contribution in [0.25, 0.3) is 11.4 Å². The van der Waals surface area contributed by atoms with Crippen LogP contribution in [0.15, 0.2) is 28.8 Å². The monoisotopic (exact) mass is 290 g/mol. The second-order valence-electron chi connectivity index (χ2n) is 5.33. The van der Waals surface area contributed by atoms with Crippen molar-refractivity contribution in [2.45, 2.75) is 26.2 Å². The number of nitro benzene ring substituents is 1. The molecular weight excluding hydrogens is 272 g/mol. The Balaban J connectivity index is 2.26. The van der Waals surface area contributed by atoms with Gasteiger partial charge in [-0.1, -0.05) is 31.1 Å². The van der Waals surface area contributed by atoms with E-state index in [4.69, 9.17) is 10.3 Å². The van der Waals surface area contributed by atoms with Crippen LogP contribution in [-0.2, 0) is 0 Å². The lowest BCUT2D eigenvalue weighted by Crippen LogP contribution is -2.15. The minimum absolute atomic E-state index is 0.00333. The van der Waals surface area contributed by atoms with Crippen LogP contribution in [0.5, 0.6) is 0 Å². The van der Waals surface area contributed by atoms with Crippen molar-refractivity contribution in [1.82, 2.24) is 10.1 Å². The molecule has 1 aromatic heterocycles. The maximum absolute atomic E-state index is 10.8. The highest BCUT2D eigenvalue weighted by Gasteiger charge is 2.20. The predicted molar refractivity (Wildman–Crippen MR) is 77.6 cm³/mol. The molecular formula is C14H18N4O3. The Bertz CT molecular complexity index is 624. The van der Waals surface area contributed by atoms with Crippen molar-refractivity contribution in [2.24, 2.45) is 11.7 Å². The van der Waals surface area contributed by atoms with E-state index in [0.717, 1.165) is 6.42 Å². The molecule has 112 valence electrons. The first-order valence-electron chi connectivity index (χ1n) is 6.79. The summed E-state index contributed by atoms with van der Waals surface area (Å²) >= 11 is 0. The highest BCUT2D eigenvalue weighted by atomic mass is 16.6. The Hall–Kier alpha value is -2.28. The van der Waals surface area contributed by atoms with Crippen molar-refractivity contribution in [3.8, 4) is 11.4 Å². The normalized spacial score (nSPS) is 12.6. The van der Waals surface area contributed by atoms with Crippen molar-refractivity contribution in [1.29, 1.82) is 0 Å². The van der Waals surface area contributed by atoms with E-state index in [1.54, 1.807) is 12.1 Å². The standard InChI is InChI=1S/C14H18N4O3/c1-9(2)6-11(8-15)14-16-13(17-21-14)10-4-3-5-12(7-10)18(19)20/h3-5,7,9,11H,6,8,15H2,1-2H3. The molecule has 2 rings (SSSR count).